The number of carbonyl (C=O) groups is 1. The van der Waals surface area contributed by atoms with Crippen molar-refractivity contribution in [2.75, 3.05) is 21.3 Å². The third-order valence-corrected chi connectivity index (χ3v) is 3.30. The van der Waals surface area contributed by atoms with Gasteiger partial charge in [0, 0.05) is 19.6 Å². The zero-order valence-electron chi connectivity index (χ0n) is 14.9. The first-order chi connectivity index (χ1) is 10.9. The second-order valence-corrected chi connectivity index (χ2v) is 5.54. The molecule has 0 heterocycles. The fraction of sp³-hybridized carbons (Fsp3) is 0.421. The van der Waals surface area contributed by atoms with Crippen LogP contribution in [0.2, 0.25) is 0 Å². The second-order valence-electron chi connectivity index (χ2n) is 5.54. The van der Waals surface area contributed by atoms with Crippen LogP contribution in [-0.4, -0.2) is 32.2 Å². The van der Waals surface area contributed by atoms with Gasteiger partial charge >= 0.3 is 0 Å². The Kier molecular flexibility index (Phi) is 9.86. The lowest BCUT2D eigenvalue weighted by molar-refractivity contribution is -0.112. The predicted octanol–water partition coefficient (Wildman–Crippen LogP) is 3.72. The Balaban J connectivity index is 0.00000232. The van der Waals surface area contributed by atoms with E-state index in [1.54, 1.807) is 26.4 Å². The van der Waals surface area contributed by atoms with Crippen molar-refractivity contribution in [3.05, 3.63) is 54.1 Å². The van der Waals surface area contributed by atoms with Gasteiger partial charge in [-0.3, -0.25) is 4.79 Å². The number of carbonyl (C=O) groups excluding carboxylic acids is 1. The molecule has 0 saturated carbocycles. The van der Waals surface area contributed by atoms with Gasteiger partial charge in [0.25, 0.3) is 0 Å². The molecule has 1 unspecified atom stereocenters. The number of aliphatic hydroxyl groups is 1. The van der Waals surface area contributed by atoms with Crippen LogP contribution >= 0.6 is 0 Å². The van der Waals surface area contributed by atoms with E-state index in [0.29, 0.717) is 0 Å². The highest BCUT2D eigenvalue weighted by atomic mass is 16.5. The molecule has 4 nitrogen and oxygen atoms in total. The summed E-state index contributed by atoms with van der Waals surface area (Å²) in [5.41, 5.74) is 0.883. The second kappa shape index (κ2) is 10.8. The number of methoxy groups -OCH3 is 2. The van der Waals surface area contributed by atoms with Crippen molar-refractivity contribution in [3.63, 3.8) is 0 Å². The molecule has 0 fully saturated rings. The van der Waals surface area contributed by atoms with Gasteiger partial charge in [0.1, 0.15) is 5.75 Å². The first-order valence-electron chi connectivity index (χ1n) is 7.38. The Hall–Kier alpha value is -1.91. The fourth-order valence-electron chi connectivity index (χ4n) is 2.23. The minimum Gasteiger partial charge on any atom is -0.497 e. The summed E-state index contributed by atoms with van der Waals surface area (Å²) in [6.45, 7) is 5.73. The number of rotatable bonds is 7. The summed E-state index contributed by atoms with van der Waals surface area (Å²) in [7, 11) is 4.35. The molecule has 1 N–H and O–H groups in total. The van der Waals surface area contributed by atoms with E-state index in [2.05, 4.69) is 13.8 Å². The quantitative estimate of drug-likeness (QED) is 0.614. The first kappa shape index (κ1) is 21.1. The number of aliphatic hydroxyl groups excluding tert-OH is 1. The molecule has 0 amide bonds. The highest BCUT2D eigenvalue weighted by Crippen LogP contribution is 2.37. The first-order valence-corrected chi connectivity index (χ1v) is 7.38. The molecule has 1 rings (SSSR count). The largest absolute Gasteiger partial charge is 0.497 e. The van der Waals surface area contributed by atoms with E-state index in [9.17, 15) is 4.79 Å². The standard InChI is InChI=1S/C18H24O3.CH4O/c1-14(19)8-6-7-13-18(2,3)17(21-5)15-9-11-16(20-4)12-10-15;1-2/h6-13,17H,1-5H3;2H,1H3/b8-6+,13-7+;. The Morgan fingerprint density at radius 2 is 1.70 bits per heavy atom. The van der Waals surface area contributed by atoms with Crippen molar-refractivity contribution in [1.82, 2.24) is 0 Å². The number of ether oxygens (including phenoxy) is 2. The molecule has 0 aliphatic rings. The van der Waals surface area contributed by atoms with Crippen LogP contribution in [0.1, 0.15) is 32.4 Å². The molecule has 0 aliphatic heterocycles. The van der Waals surface area contributed by atoms with Crippen LogP contribution in [0.25, 0.3) is 0 Å². The van der Waals surface area contributed by atoms with E-state index >= 15 is 0 Å². The lowest BCUT2D eigenvalue weighted by Crippen LogP contribution is -2.21. The van der Waals surface area contributed by atoms with E-state index in [1.165, 1.54) is 6.92 Å². The lowest BCUT2D eigenvalue weighted by Gasteiger charge is -2.31. The summed E-state index contributed by atoms with van der Waals surface area (Å²) in [6, 6.07) is 7.87. The van der Waals surface area contributed by atoms with E-state index < -0.39 is 0 Å². The van der Waals surface area contributed by atoms with E-state index in [-0.39, 0.29) is 17.3 Å². The van der Waals surface area contributed by atoms with Crippen LogP contribution in [0.15, 0.2) is 48.6 Å². The summed E-state index contributed by atoms with van der Waals surface area (Å²) in [5, 5.41) is 7.00. The van der Waals surface area contributed by atoms with Crippen molar-refractivity contribution >= 4 is 5.78 Å². The topological polar surface area (TPSA) is 55.8 Å². The van der Waals surface area contributed by atoms with Gasteiger partial charge in [-0.1, -0.05) is 44.2 Å². The molecular formula is C19H28O4. The molecule has 0 spiro atoms. The molecule has 0 bridgehead atoms. The predicted molar refractivity (Wildman–Crippen MR) is 93.6 cm³/mol. The van der Waals surface area contributed by atoms with Gasteiger partial charge in [0.05, 0.1) is 13.2 Å². The highest BCUT2D eigenvalue weighted by molar-refractivity contribution is 5.87. The number of allylic oxidation sites excluding steroid dienone is 3. The van der Waals surface area contributed by atoms with Crippen molar-refractivity contribution in [2.24, 2.45) is 5.41 Å². The van der Waals surface area contributed by atoms with E-state index in [0.717, 1.165) is 18.4 Å². The molecule has 23 heavy (non-hydrogen) atoms. The van der Waals surface area contributed by atoms with Crippen LogP contribution < -0.4 is 4.74 Å². The molecule has 1 atom stereocenters. The molecule has 1 aromatic carbocycles. The Morgan fingerprint density at radius 1 is 1.13 bits per heavy atom. The van der Waals surface area contributed by atoms with Gasteiger partial charge < -0.3 is 14.6 Å². The van der Waals surface area contributed by atoms with Gasteiger partial charge in [-0.2, -0.15) is 0 Å². The normalized spacial score (nSPS) is 12.8. The number of hydrogen-bond acceptors (Lipinski definition) is 4. The van der Waals surface area contributed by atoms with E-state index in [4.69, 9.17) is 14.6 Å². The maximum atomic E-state index is 10.9. The summed E-state index contributed by atoms with van der Waals surface area (Å²) in [4.78, 5) is 10.9. The molecule has 0 saturated heterocycles. The zero-order valence-corrected chi connectivity index (χ0v) is 14.9. The van der Waals surface area contributed by atoms with Crippen molar-refractivity contribution < 1.29 is 19.4 Å². The van der Waals surface area contributed by atoms with Gasteiger partial charge in [-0.15, -0.1) is 0 Å². The number of hydrogen-bond donors (Lipinski definition) is 1. The minimum absolute atomic E-state index is 0.0379. The van der Waals surface area contributed by atoms with E-state index in [1.807, 2.05) is 36.4 Å². The average Bonchev–Trinajstić information content (AvgIpc) is 2.54. The van der Waals surface area contributed by atoms with Crippen LogP contribution in [0.3, 0.4) is 0 Å². The molecule has 0 radical (unpaired) electrons. The van der Waals surface area contributed by atoms with Gasteiger partial charge in [-0.05, 0) is 30.7 Å². The van der Waals surface area contributed by atoms with Crippen molar-refractivity contribution in [2.45, 2.75) is 26.9 Å². The minimum atomic E-state index is -0.204. The van der Waals surface area contributed by atoms with Crippen molar-refractivity contribution in [1.29, 1.82) is 0 Å². The van der Waals surface area contributed by atoms with Crippen LogP contribution in [0, 0.1) is 5.41 Å². The summed E-state index contributed by atoms with van der Waals surface area (Å²) in [5.74, 6) is 0.863. The van der Waals surface area contributed by atoms with Gasteiger partial charge in [0.2, 0.25) is 0 Å². The van der Waals surface area contributed by atoms with Crippen LogP contribution in [0.5, 0.6) is 5.75 Å². The Bertz CT molecular complexity index is 513. The highest BCUT2D eigenvalue weighted by Gasteiger charge is 2.28. The number of ketones is 1. The molecule has 0 aliphatic carbocycles. The average molecular weight is 320 g/mol. The lowest BCUT2D eigenvalue weighted by atomic mass is 9.82. The SMILES string of the molecule is CO.COc1ccc(C(OC)C(C)(C)/C=C/C=C/C(C)=O)cc1. The molecule has 0 aromatic heterocycles. The molecule has 128 valence electrons. The number of benzene rings is 1. The maximum absolute atomic E-state index is 10.9. The summed E-state index contributed by atoms with van der Waals surface area (Å²) in [6.07, 6.45) is 7.15. The summed E-state index contributed by atoms with van der Waals surface area (Å²) < 4.78 is 10.8. The Morgan fingerprint density at radius 3 is 2.13 bits per heavy atom. The Labute approximate surface area is 139 Å². The molecular weight excluding hydrogens is 292 g/mol. The third-order valence-electron chi connectivity index (χ3n) is 3.30. The zero-order chi connectivity index (χ0) is 17.9. The van der Waals surface area contributed by atoms with Gasteiger partial charge in [-0.25, -0.2) is 0 Å². The van der Waals surface area contributed by atoms with Crippen LogP contribution in [-0.2, 0) is 9.53 Å². The monoisotopic (exact) mass is 320 g/mol. The third kappa shape index (κ3) is 7.26. The van der Waals surface area contributed by atoms with Gasteiger partial charge in [0.15, 0.2) is 5.78 Å². The molecule has 4 heteroatoms. The smallest absolute Gasteiger partial charge is 0.152 e. The molecule has 1 aromatic rings. The van der Waals surface area contributed by atoms with Crippen LogP contribution in [0.4, 0.5) is 0 Å². The van der Waals surface area contributed by atoms with Crippen molar-refractivity contribution in [3.8, 4) is 5.75 Å². The maximum Gasteiger partial charge on any atom is 0.152 e. The fourth-order valence-corrected chi connectivity index (χ4v) is 2.23. The summed E-state index contributed by atoms with van der Waals surface area (Å²) >= 11 is 0.